The van der Waals surface area contributed by atoms with Crippen molar-refractivity contribution in [2.75, 3.05) is 19.0 Å². The lowest BCUT2D eigenvalue weighted by molar-refractivity contribution is -0.142. The number of amides is 1. The fourth-order valence-electron chi connectivity index (χ4n) is 2.35. The van der Waals surface area contributed by atoms with Crippen molar-refractivity contribution >= 4 is 29.6 Å². The zero-order chi connectivity index (χ0) is 20.5. The van der Waals surface area contributed by atoms with E-state index in [1.807, 2.05) is 24.3 Å². The van der Waals surface area contributed by atoms with Gasteiger partial charge in [0.1, 0.15) is 0 Å². The molecule has 0 unspecified atom stereocenters. The number of carbonyl (C=O) groups excluding carboxylic acids is 3. The van der Waals surface area contributed by atoms with E-state index in [-0.39, 0.29) is 6.61 Å². The van der Waals surface area contributed by atoms with Gasteiger partial charge in [-0.25, -0.2) is 9.59 Å². The van der Waals surface area contributed by atoms with Crippen LogP contribution in [0.5, 0.6) is 0 Å². The molecule has 0 saturated heterocycles. The summed E-state index contributed by atoms with van der Waals surface area (Å²) in [5.74, 6) is -1.07. The Morgan fingerprint density at radius 2 is 1.64 bits per heavy atom. The van der Waals surface area contributed by atoms with Crippen LogP contribution in [0.15, 0.2) is 54.6 Å². The maximum atomic E-state index is 11.9. The Balaban J connectivity index is 1.80. The van der Waals surface area contributed by atoms with E-state index in [4.69, 9.17) is 4.74 Å². The predicted molar refractivity (Wildman–Crippen MR) is 107 cm³/mol. The second-order valence-electron chi connectivity index (χ2n) is 6.38. The van der Waals surface area contributed by atoms with Crippen LogP contribution in [0.25, 0.3) is 6.08 Å². The first kappa shape index (κ1) is 20.9. The lowest BCUT2D eigenvalue weighted by atomic mass is 10.0. The lowest BCUT2D eigenvalue weighted by Gasteiger charge is -2.08. The molecular formula is C22H23NO5. The van der Waals surface area contributed by atoms with Crippen LogP contribution >= 0.6 is 0 Å². The molecule has 6 nitrogen and oxygen atoms in total. The van der Waals surface area contributed by atoms with Gasteiger partial charge < -0.3 is 14.8 Å². The van der Waals surface area contributed by atoms with E-state index in [2.05, 4.69) is 23.9 Å². The molecule has 0 aliphatic rings. The molecule has 0 aromatic heterocycles. The summed E-state index contributed by atoms with van der Waals surface area (Å²) in [4.78, 5) is 35.0. The van der Waals surface area contributed by atoms with Gasteiger partial charge in [-0.2, -0.15) is 0 Å². The standard InChI is InChI=1S/C22H23NO5/c1-15(2)17-9-11-19(12-10-17)23-20(24)14-28-21(25)13-6-16-4-7-18(8-5-16)22(26)27-3/h4-13,15H,14H2,1-3H3,(H,23,24)/b13-6+. The van der Waals surface area contributed by atoms with E-state index in [1.54, 1.807) is 24.3 Å². The van der Waals surface area contributed by atoms with E-state index in [0.717, 1.165) is 0 Å². The number of hydrogen-bond acceptors (Lipinski definition) is 5. The molecule has 6 heteroatoms. The molecule has 0 heterocycles. The summed E-state index contributed by atoms with van der Waals surface area (Å²) >= 11 is 0. The maximum absolute atomic E-state index is 11.9. The minimum Gasteiger partial charge on any atom is -0.465 e. The smallest absolute Gasteiger partial charge is 0.337 e. The highest BCUT2D eigenvalue weighted by Gasteiger charge is 2.07. The van der Waals surface area contributed by atoms with Crippen molar-refractivity contribution in [1.82, 2.24) is 0 Å². The molecule has 2 rings (SSSR count). The van der Waals surface area contributed by atoms with Crippen molar-refractivity contribution in [3.8, 4) is 0 Å². The summed E-state index contributed by atoms with van der Waals surface area (Å²) < 4.78 is 9.55. The number of hydrogen-bond donors (Lipinski definition) is 1. The average Bonchev–Trinajstić information content (AvgIpc) is 2.71. The van der Waals surface area contributed by atoms with Gasteiger partial charge in [0.05, 0.1) is 12.7 Å². The zero-order valence-corrected chi connectivity index (χ0v) is 16.1. The molecule has 1 N–H and O–H groups in total. The fourth-order valence-corrected chi connectivity index (χ4v) is 2.35. The second kappa shape index (κ2) is 10.1. The minimum absolute atomic E-state index is 0.379. The van der Waals surface area contributed by atoms with Crippen LogP contribution in [0.4, 0.5) is 5.69 Å². The number of anilines is 1. The molecule has 1 amide bonds. The Bertz CT molecular complexity index is 852. The number of ether oxygens (including phenoxy) is 2. The topological polar surface area (TPSA) is 81.7 Å². The molecule has 0 radical (unpaired) electrons. The second-order valence-corrected chi connectivity index (χ2v) is 6.38. The van der Waals surface area contributed by atoms with Crippen LogP contribution in [0, 0.1) is 0 Å². The Morgan fingerprint density at radius 3 is 2.21 bits per heavy atom. The molecule has 0 spiro atoms. The highest BCUT2D eigenvalue weighted by molar-refractivity contribution is 5.94. The molecule has 0 saturated carbocycles. The van der Waals surface area contributed by atoms with Gasteiger partial charge in [0.15, 0.2) is 6.61 Å². The molecule has 0 aliphatic heterocycles. The van der Waals surface area contributed by atoms with Gasteiger partial charge in [0, 0.05) is 11.8 Å². The van der Waals surface area contributed by atoms with Crippen molar-refractivity contribution in [3.05, 3.63) is 71.3 Å². The molecule has 0 aliphatic carbocycles. The van der Waals surface area contributed by atoms with Crippen molar-refractivity contribution < 1.29 is 23.9 Å². The van der Waals surface area contributed by atoms with Gasteiger partial charge in [0.25, 0.3) is 5.91 Å². The number of carbonyl (C=O) groups is 3. The average molecular weight is 381 g/mol. The van der Waals surface area contributed by atoms with Crippen molar-refractivity contribution in [1.29, 1.82) is 0 Å². The van der Waals surface area contributed by atoms with Crippen LogP contribution in [0.1, 0.15) is 41.3 Å². The monoisotopic (exact) mass is 381 g/mol. The van der Waals surface area contributed by atoms with Crippen molar-refractivity contribution in [3.63, 3.8) is 0 Å². The Labute approximate surface area is 164 Å². The van der Waals surface area contributed by atoms with Crippen LogP contribution in [0.3, 0.4) is 0 Å². The normalized spacial score (nSPS) is 10.7. The fraction of sp³-hybridized carbons (Fsp3) is 0.227. The molecule has 0 fully saturated rings. The van der Waals surface area contributed by atoms with Gasteiger partial charge in [0.2, 0.25) is 0 Å². The first-order valence-electron chi connectivity index (χ1n) is 8.82. The number of methoxy groups -OCH3 is 1. The summed E-state index contributed by atoms with van der Waals surface area (Å²) in [6, 6.07) is 14.0. The Morgan fingerprint density at radius 1 is 1.00 bits per heavy atom. The van der Waals surface area contributed by atoms with Gasteiger partial charge in [-0.1, -0.05) is 38.1 Å². The van der Waals surface area contributed by atoms with E-state index in [9.17, 15) is 14.4 Å². The third-order valence-corrected chi connectivity index (χ3v) is 3.95. The minimum atomic E-state index is -0.637. The molecule has 0 atom stereocenters. The molecular weight excluding hydrogens is 358 g/mol. The van der Waals surface area contributed by atoms with Gasteiger partial charge >= 0.3 is 11.9 Å². The molecule has 28 heavy (non-hydrogen) atoms. The molecule has 2 aromatic carbocycles. The Hall–Kier alpha value is -3.41. The zero-order valence-electron chi connectivity index (χ0n) is 16.1. The van der Waals surface area contributed by atoms with Crippen LogP contribution < -0.4 is 5.32 Å². The van der Waals surface area contributed by atoms with Gasteiger partial charge in [-0.3, -0.25) is 4.79 Å². The third-order valence-electron chi connectivity index (χ3n) is 3.95. The first-order valence-corrected chi connectivity index (χ1v) is 8.82. The number of nitrogens with one attached hydrogen (secondary N) is 1. The van der Waals surface area contributed by atoms with Crippen molar-refractivity contribution in [2.24, 2.45) is 0 Å². The largest absolute Gasteiger partial charge is 0.465 e. The number of benzene rings is 2. The lowest BCUT2D eigenvalue weighted by Crippen LogP contribution is -2.20. The summed E-state index contributed by atoms with van der Waals surface area (Å²) in [6.07, 6.45) is 2.75. The van der Waals surface area contributed by atoms with E-state index in [0.29, 0.717) is 22.7 Å². The predicted octanol–water partition coefficient (Wildman–Crippen LogP) is 3.79. The highest BCUT2D eigenvalue weighted by Crippen LogP contribution is 2.17. The third kappa shape index (κ3) is 6.39. The van der Waals surface area contributed by atoms with Crippen LogP contribution in [-0.2, 0) is 19.1 Å². The van der Waals surface area contributed by atoms with Gasteiger partial charge in [-0.05, 0) is 47.4 Å². The van der Waals surface area contributed by atoms with Gasteiger partial charge in [-0.15, -0.1) is 0 Å². The summed E-state index contributed by atoms with van der Waals surface area (Å²) in [6.45, 7) is 3.80. The summed E-state index contributed by atoms with van der Waals surface area (Å²) in [7, 11) is 1.31. The van der Waals surface area contributed by atoms with Crippen LogP contribution in [-0.4, -0.2) is 31.6 Å². The SMILES string of the molecule is COC(=O)c1ccc(/C=C/C(=O)OCC(=O)Nc2ccc(C(C)C)cc2)cc1. The summed E-state index contributed by atoms with van der Waals surface area (Å²) in [5.41, 5.74) is 2.94. The Kier molecular flexibility index (Phi) is 7.51. The summed E-state index contributed by atoms with van der Waals surface area (Å²) in [5, 5.41) is 2.68. The van der Waals surface area contributed by atoms with E-state index in [1.165, 1.54) is 24.8 Å². The molecule has 2 aromatic rings. The maximum Gasteiger partial charge on any atom is 0.337 e. The number of rotatable bonds is 7. The van der Waals surface area contributed by atoms with Crippen LogP contribution in [0.2, 0.25) is 0 Å². The first-order chi connectivity index (χ1) is 13.4. The number of esters is 2. The van der Waals surface area contributed by atoms with Crippen molar-refractivity contribution in [2.45, 2.75) is 19.8 Å². The molecule has 0 bridgehead atoms. The quantitative estimate of drug-likeness (QED) is 0.583. The molecule has 146 valence electrons. The van der Waals surface area contributed by atoms with E-state index >= 15 is 0 Å². The highest BCUT2D eigenvalue weighted by atomic mass is 16.5. The van der Waals surface area contributed by atoms with E-state index < -0.39 is 17.8 Å².